The van der Waals surface area contributed by atoms with Crippen LogP contribution in [-0.4, -0.2) is 24.5 Å². The average Bonchev–Trinajstić information content (AvgIpc) is 2.57. The van der Waals surface area contributed by atoms with E-state index in [0.29, 0.717) is 15.6 Å². The number of carbonyl (C=O) groups is 2. The van der Waals surface area contributed by atoms with Gasteiger partial charge in [0.1, 0.15) is 5.54 Å². The third-order valence-electron chi connectivity index (χ3n) is 4.80. The molecule has 24 heavy (non-hydrogen) atoms. The summed E-state index contributed by atoms with van der Waals surface area (Å²) in [5.41, 5.74) is -0.333. The van der Waals surface area contributed by atoms with Gasteiger partial charge in [0.15, 0.2) is 0 Å². The molecular formula is C18H23Cl2NO3. The number of nitrogens with one attached hydrogen (secondary N) is 1. The zero-order valence-electron chi connectivity index (χ0n) is 14.0. The summed E-state index contributed by atoms with van der Waals surface area (Å²) in [4.78, 5) is 24.9. The summed E-state index contributed by atoms with van der Waals surface area (Å²) in [6.45, 7) is 1.76. The molecule has 0 radical (unpaired) electrons. The third-order valence-corrected chi connectivity index (χ3v) is 5.38. The SMILES string of the molecule is COC(=O)[C@](C)(NC(=O)Cc1ccc(Cl)cc1Cl)C1CCCCC1. The van der Waals surface area contributed by atoms with E-state index in [2.05, 4.69) is 5.32 Å². The second-order valence-corrected chi connectivity index (χ2v) is 7.33. The molecule has 0 saturated heterocycles. The highest BCUT2D eigenvalue weighted by Gasteiger charge is 2.43. The van der Waals surface area contributed by atoms with Gasteiger partial charge < -0.3 is 10.1 Å². The van der Waals surface area contributed by atoms with Crippen molar-refractivity contribution in [3.63, 3.8) is 0 Å². The Hall–Kier alpha value is -1.26. The lowest BCUT2D eigenvalue weighted by Gasteiger charge is -2.38. The standard InChI is InChI=1S/C18H23Cl2NO3/c1-18(17(23)24-2,13-6-4-3-5-7-13)21-16(22)10-12-8-9-14(19)11-15(12)20/h8-9,11,13H,3-7,10H2,1-2H3,(H,21,22)/t18-/m1/s1. The van der Waals surface area contributed by atoms with Crippen LogP contribution in [-0.2, 0) is 20.7 Å². The molecule has 1 aromatic rings. The molecule has 1 aliphatic carbocycles. The molecule has 1 atom stereocenters. The molecule has 132 valence electrons. The maximum Gasteiger partial charge on any atom is 0.331 e. The number of methoxy groups -OCH3 is 1. The fourth-order valence-electron chi connectivity index (χ4n) is 3.38. The van der Waals surface area contributed by atoms with Crippen LogP contribution in [0.4, 0.5) is 0 Å². The molecule has 4 nitrogen and oxygen atoms in total. The summed E-state index contributed by atoms with van der Waals surface area (Å²) in [6.07, 6.45) is 5.21. The maximum absolute atomic E-state index is 12.5. The molecule has 0 spiro atoms. The Morgan fingerprint density at radius 3 is 2.50 bits per heavy atom. The van der Waals surface area contributed by atoms with Crippen molar-refractivity contribution in [1.29, 1.82) is 0 Å². The molecule has 6 heteroatoms. The molecule has 0 heterocycles. The molecule has 1 aliphatic rings. The van der Waals surface area contributed by atoms with Crippen molar-refractivity contribution in [2.45, 2.75) is 51.0 Å². The van der Waals surface area contributed by atoms with Crippen LogP contribution in [0, 0.1) is 5.92 Å². The first-order valence-corrected chi connectivity index (χ1v) is 8.95. The van der Waals surface area contributed by atoms with Crippen molar-refractivity contribution in [3.05, 3.63) is 33.8 Å². The first kappa shape index (κ1) is 19.1. The van der Waals surface area contributed by atoms with Crippen LogP contribution >= 0.6 is 23.2 Å². The number of halogens is 2. The van der Waals surface area contributed by atoms with Crippen molar-refractivity contribution in [1.82, 2.24) is 5.32 Å². The summed E-state index contributed by atoms with van der Waals surface area (Å²) in [7, 11) is 1.35. The number of benzene rings is 1. The Bertz CT molecular complexity index is 614. The van der Waals surface area contributed by atoms with Gasteiger partial charge in [-0.15, -0.1) is 0 Å². The molecule has 2 rings (SSSR count). The van der Waals surface area contributed by atoms with Gasteiger partial charge in [-0.25, -0.2) is 4.79 Å². The number of carbonyl (C=O) groups excluding carboxylic acids is 2. The lowest BCUT2D eigenvalue weighted by Crippen LogP contribution is -2.58. The number of hydrogen-bond donors (Lipinski definition) is 1. The van der Waals surface area contributed by atoms with Gasteiger partial charge in [0.05, 0.1) is 13.5 Å². The fourth-order valence-corrected chi connectivity index (χ4v) is 3.86. The van der Waals surface area contributed by atoms with Crippen LogP contribution < -0.4 is 5.32 Å². The quantitative estimate of drug-likeness (QED) is 0.790. The topological polar surface area (TPSA) is 55.4 Å². The molecule has 1 N–H and O–H groups in total. The predicted molar refractivity (Wildman–Crippen MR) is 95.3 cm³/mol. The maximum atomic E-state index is 12.5. The van der Waals surface area contributed by atoms with E-state index < -0.39 is 11.5 Å². The highest BCUT2D eigenvalue weighted by Crippen LogP contribution is 2.33. The van der Waals surface area contributed by atoms with E-state index in [1.165, 1.54) is 13.5 Å². The van der Waals surface area contributed by atoms with Crippen molar-refractivity contribution in [2.24, 2.45) is 5.92 Å². The number of amides is 1. The molecule has 0 aliphatic heterocycles. The van der Waals surface area contributed by atoms with E-state index in [-0.39, 0.29) is 18.2 Å². The van der Waals surface area contributed by atoms with Crippen LogP contribution in [0.3, 0.4) is 0 Å². The van der Waals surface area contributed by atoms with Crippen LogP contribution in [0.2, 0.25) is 10.0 Å². The highest BCUT2D eigenvalue weighted by molar-refractivity contribution is 6.35. The van der Waals surface area contributed by atoms with Gasteiger partial charge >= 0.3 is 5.97 Å². The van der Waals surface area contributed by atoms with Gasteiger partial charge in [-0.05, 0) is 43.4 Å². The van der Waals surface area contributed by atoms with Crippen LogP contribution in [0.5, 0.6) is 0 Å². The van der Waals surface area contributed by atoms with Gasteiger partial charge in [0.25, 0.3) is 0 Å². The van der Waals surface area contributed by atoms with Crippen LogP contribution in [0.1, 0.15) is 44.6 Å². The number of esters is 1. The Morgan fingerprint density at radius 1 is 1.25 bits per heavy atom. The minimum absolute atomic E-state index is 0.0864. The Morgan fingerprint density at radius 2 is 1.92 bits per heavy atom. The summed E-state index contributed by atoms with van der Waals surface area (Å²) in [6, 6.07) is 5.02. The number of rotatable bonds is 5. The predicted octanol–water partition coefficient (Wildman–Crippen LogP) is 4.16. The molecule has 1 aromatic carbocycles. The van der Waals surface area contributed by atoms with Crippen molar-refractivity contribution in [2.75, 3.05) is 7.11 Å². The lowest BCUT2D eigenvalue weighted by atomic mass is 9.75. The van der Waals surface area contributed by atoms with Crippen LogP contribution in [0.25, 0.3) is 0 Å². The van der Waals surface area contributed by atoms with E-state index in [0.717, 1.165) is 25.7 Å². The summed E-state index contributed by atoms with van der Waals surface area (Å²) in [5.74, 6) is -0.564. The highest BCUT2D eigenvalue weighted by atomic mass is 35.5. The molecule has 1 saturated carbocycles. The van der Waals surface area contributed by atoms with Gasteiger partial charge in [-0.3, -0.25) is 4.79 Å². The van der Waals surface area contributed by atoms with E-state index >= 15 is 0 Å². The monoisotopic (exact) mass is 371 g/mol. The smallest absolute Gasteiger partial charge is 0.331 e. The van der Waals surface area contributed by atoms with Gasteiger partial charge in [-0.2, -0.15) is 0 Å². The zero-order valence-corrected chi connectivity index (χ0v) is 15.5. The second-order valence-electron chi connectivity index (χ2n) is 6.49. The van der Waals surface area contributed by atoms with Crippen molar-refractivity contribution >= 4 is 35.1 Å². The third kappa shape index (κ3) is 4.42. The molecular weight excluding hydrogens is 349 g/mol. The first-order chi connectivity index (χ1) is 11.4. The van der Waals surface area contributed by atoms with Gasteiger partial charge in [-0.1, -0.05) is 48.5 Å². The van der Waals surface area contributed by atoms with E-state index in [1.807, 2.05) is 0 Å². The second kappa shape index (κ2) is 8.21. The summed E-state index contributed by atoms with van der Waals surface area (Å²) in [5, 5.41) is 3.86. The normalized spacial score (nSPS) is 17.8. The van der Waals surface area contributed by atoms with Crippen molar-refractivity contribution < 1.29 is 14.3 Å². The molecule has 0 aromatic heterocycles. The van der Waals surface area contributed by atoms with E-state index in [1.54, 1.807) is 25.1 Å². The first-order valence-electron chi connectivity index (χ1n) is 8.20. The van der Waals surface area contributed by atoms with Crippen LogP contribution in [0.15, 0.2) is 18.2 Å². The number of ether oxygens (including phenoxy) is 1. The molecule has 0 bridgehead atoms. The van der Waals surface area contributed by atoms with Crippen molar-refractivity contribution in [3.8, 4) is 0 Å². The van der Waals surface area contributed by atoms with Gasteiger partial charge in [0.2, 0.25) is 5.91 Å². The van der Waals surface area contributed by atoms with E-state index in [9.17, 15) is 9.59 Å². The Balaban J connectivity index is 2.13. The minimum atomic E-state index is -1.01. The minimum Gasteiger partial charge on any atom is -0.467 e. The molecule has 1 fully saturated rings. The zero-order chi connectivity index (χ0) is 17.7. The van der Waals surface area contributed by atoms with Gasteiger partial charge in [0, 0.05) is 10.0 Å². The molecule has 1 amide bonds. The summed E-state index contributed by atoms with van der Waals surface area (Å²) >= 11 is 12.0. The fraction of sp³-hybridized carbons (Fsp3) is 0.556. The summed E-state index contributed by atoms with van der Waals surface area (Å²) < 4.78 is 4.96. The Labute approximate surface area is 152 Å². The number of hydrogen-bond acceptors (Lipinski definition) is 3. The Kier molecular flexibility index (Phi) is 6.53. The average molecular weight is 372 g/mol. The largest absolute Gasteiger partial charge is 0.467 e. The van der Waals surface area contributed by atoms with E-state index in [4.69, 9.17) is 27.9 Å². The lowest BCUT2D eigenvalue weighted by molar-refractivity contribution is -0.153. The molecule has 0 unspecified atom stereocenters.